The Morgan fingerprint density at radius 1 is 0.980 bits per heavy atom. The van der Waals surface area contributed by atoms with Crippen LogP contribution in [0.3, 0.4) is 0 Å². The normalized spacial score (nSPS) is 22.5. The number of hydrogen-bond acceptors (Lipinski definition) is 6. The molecule has 2 aliphatic heterocycles. The number of ketones is 1. The maximum atomic E-state index is 14.4. The van der Waals surface area contributed by atoms with Crippen molar-refractivity contribution in [2.45, 2.75) is 128 Å². The molecular weight excluding hydrogens is 850 g/mol. The summed E-state index contributed by atoms with van der Waals surface area (Å²) >= 11 is -3.65. The summed E-state index contributed by atoms with van der Waals surface area (Å²) in [6.07, 6.45) is 9.22. The van der Waals surface area contributed by atoms with Gasteiger partial charge in [-0.15, -0.1) is 0 Å². The van der Waals surface area contributed by atoms with Crippen LogP contribution in [0, 0.1) is 22.7 Å². The second kappa shape index (κ2) is 18.3. The molecule has 49 heavy (non-hydrogen) atoms. The number of Topliss-reactive ketones (excluding diaryl/α,β-unsaturated/α-hetero) is 1. The second-order valence-corrected chi connectivity index (χ2v) is 24.6. The Hall–Kier alpha value is -1.58. The van der Waals surface area contributed by atoms with Crippen LogP contribution in [0.25, 0.3) is 0 Å². The zero-order valence-corrected chi connectivity index (χ0v) is 35.4. The van der Waals surface area contributed by atoms with E-state index in [2.05, 4.69) is 17.2 Å². The average molecular weight is 912 g/mol. The topological polar surface area (TPSA) is 133 Å². The van der Waals surface area contributed by atoms with E-state index in [-0.39, 0.29) is 42.6 Å². The number of allylic oxidation sites excluding steroid dienone is 1. The fourth-order valence-corrected chi connectivity index (χ4v) is 14.5. The molecule has 0 aromatic rings. The number of carbonyl (C=O) groups is 6. The van der Waals surface area contributed by atoms with Gasteiger partial charge in [0.2, 0.25) is 0 Å². The predicted molar refractivity (Wildman–Crippen MR) is 198 cm³/mol. The number of halogens is 2. The molecule has 12 heteroatoms. The summed E-state index contributed by atoms with van der Waals surface area (Å²) in [4.78, 5) is 87.1. The van der Waals surface area contributed by atoms with E-state index in [0.29, 0.717) is 55.7 Å². The number of amides is 4. The number of alkyl halides is 3. The molecule has 2 heterocycles. The van der Waals surface area contributed by atoms with E-state index in [4.69, 9.17) is 0 Å². The number of carbonyl (C=O) groups excluding carboxylic acids is 6. The van der Waals surface area contributed by atoms with Crippen molar-refractivity contribution in [2.24, 2.45) is 22.7 Å². The maximum absolute atomic E-state index is 14.4. The Kier molecular flexibility index (Phi) is 15.6. The summed E-state index contributed by atoms with van der Waals surface area (Å²) in [7, 11) is 0. The Balaban J connectivity index is 1.79. The van der Waals surface area contributed by atoms with E-state index in [9.17, 15) is 28.8 Å². The summed E-state index contributed by atoms with van der Waals surface area (Å²) in [6.45, 7) is 18.9. The number of hydrogen-bond donors (Lipinski definition) is 2. The van der Waals surface area contributed by atoms with E-state index in [1.165, 1.54) is 0 Å². The van der Waals surface area contributed by atoms with Gasteiger partial charge in [0.05, 0.1) is 0 Å². The second-order valence-electron chi connectivity index (χ2n) is 16.2. The summed E-state index contributed by atoms with van der Waals surface area (Å²) in [5.74, 6) is -0.274. The van der Waals surface area contributed by atoms with Crippen LogP contribution in [0.1, 0.15) is 106 Å². The molecule has 0 aromatic carbocycles. The monoisotopic (exact) mass is 911 g/mol. The van der Waals surface area contributed by atoms with Crippen LogP contribution < -0.4 is 31.8 Å². The first-order chi connectivity index (χ1) is 22.9. The van der Waals surface area contributed by atoms with E-state index < -0.39 is 68.5 Å². The number of piperidine rings is 1. The van der Waals surface area contributed by atoms with Crippen molar-refractivity contribution in [3.05, 3.63) is 12.7 Å². The van der Waals surface area contributed by atoms with Crippen molar-refractivity contribution in [1.29, 1.82) is 0 Å². The molecule has 3 rings (SSSR count). The van der Waals surface area contributed by atoms with Gasteiger partial charge in [-0.05, 0) is 12.8 Å². The van der Waals surface area contributed by atoms with Crippen LogP contribution in [0.2, 0.25) is 0 Å². The summed E-state index contributed by atoms with van der Waals surface area (Å²) in [6, 6.07) is -2.41. The Morgan fingerprint density at radius 2 is 1.65 bits per heavy atom. The molecule has 5 atom stereocenters. The molecule has 1 unspecified atom stereocenters. The standard InChI is InChI=1S/C37H61I2N4O6/c1-10-11-19-38-32(46)30(45)26(22-25-15-14-16-25)39(9)33(47)29-24(2)18-21-43(29)34(48)31(37(6,7)8)41-35(49)40-27(36(3,4)5)23-42-20-13-12-17-28(42)44/h10,24-27,29,31H,1,11-23H2,2-9H3,(H2,40,41,49)/q-1/t24-,26?,27+,29-,31+/m0/s1. The predicted octanol–water partition coefficient (Wildman–Crippen LogP) is 2.35. The third-order valence-corrected chi connectivity index (χ3v) is 18.3. The van der Waals surface area contributed by atoms with Crippen LogP contribution in [0.4, 0.5) is 4.79 Å². The van der Waals surface area contributed by atoms with Crippen molar-refractivity contribution in [1.82, 2.24) is 20.4 Å². The molecule has 10 nitrogen and oxygen atoms in total. The van der Waals surface area contributed by atoms with E-state index >= 15 is 0 Å². The minimum atomic E-state index is -2.70. The van der Waals surface area contributed by atoms with Gasteiger partial charge in [0.1, 0.15) is 0 Å². The zero-order valence-electron chi connectivity index (χ0n) is 31.0. The molecule has 1 aliphatic carbocycles. The number of urea groups is 1. The van der Waals surface area contributed by atoms with Gasteiger partial charge in [0, 0.05) is 6.42 Å². The van der Waals surface area contributed by atoms with Crippen LogP contribution in [-0.4, -0.2) is 92.1 Å². The van der Waals surface area contributed by atoms with Crippen molar-refractivity contribution in [3.8, 4) is 0 Å². The number of nitrogens with zero attached hydrogens (tertiary/aromatic N) is 2. The molecule has 3 fully saturated rings. The summed E-state index contributed by atoms with van der Waals surface area (Å²) < 4.78 is -0.145. The average Bonchev–Trinajstić information content (AvgIpc) is 3.38. The van der Waals surface area contributed by atoms with Crippen molar-refractivity contribution in [2.75, 3.05) is 29.0 Å². The third kappa shape index (κ3) is 11.5. The number of rotatable bonds is 16. The molecule has 0 radical (unpaired) electrons. The molecule has 0 bridgehead atoms. The van der Waals surface area contributed by atoms with Crippen molar-refractivity contribution < 1.29 is 50.0 Å². The molecular formula is C37H61I2N4O6-. The fourth-order valence-electron chi connectivity index (χ4n) is 6.62. The first-order valence-electron chi connectivity index (χ1n) is 17.9. The Labute approximate surface area is 312 Å². The van der Waals surface area contributed by atoms with Crippen LogP contribution in [0.15, 0.2) is 12.7 Å². The van der Waals surface area contributed by atoms with Crippen LogP contribution >= 0.6 is 19.8 Å². The van der Waals surface area contributed by atoms with Gasteiger partial charge in [-0.2, -0.15) is 0 Å². The Bertz CT molecular complexity index is 1240. The number of likely N-dealkylation sites (tertiary alicyclic amines) is 2. The molecule has 0 spiro atoms. The Morgan fingerprint density at radius 3 is 2.20 bits per heavy atom. The molecule has 2 saturated heterocycles. The van der Waals surface area contributed by atoms with Gasteiger partial charge in [-0.1, -0.05) is 0 Å². The molecule has 280 valence electrons. The van der Waals surface area contributed by atoms with Crippen molar-refractivity contribution >= 4 is 51.0 Å². The summed E-state index contributed by atoms with van der Waals surface area (Å²) in [5.41, 5.74) is -1.01. The molecule has 0 aromatic heterocycles. The van der Waals surface area contributed by atoms with Gasteiger partial charge in [-0.25, -0.2) is 0 Å². The first-order valence-corrected chi connectivity index (χ1v) is 25.0. The molecule has 1 saturated carbocycles. The van der Waals surface area contributed by atoms with Crippen LogP contribution in [0.5, 0.6) is 0 Å². The minimum absolute atomic E-state index is 0.0200. The molecule has 2 N–H and O–H groups in total. The SMILES string of the molecule is C=CCC[I-]C(=O)C(=O)C(CC1CCC1)I(C)C(=O)[C@@H]1[C@@H](C)CCN1C(=O)[C@@H](NC(=O)N[C@H](CN1CCCCC1=O)C(C)(C)C)C(C)(C)C. The summed E-state index contributed by atoms with van der Waals surface area (Å²) in [5, 5.41) is 6.04. The van der Waals surface area contributed by atoms with Gasteiger partial charge < -0.3 is 0 Å². The van der Waals surface area contributed by atoms with Crippen molar-refractivity contribution in [3.63, 3.8) is 0 Å². The van der Waals surface area contributed by atoms with Gasteiger partial charge in [-0.3, -0.25) is 4.79 Å². The third-order valence-electron chi connectivity index (χ3n) is 10.2. The molecule has 3 aliphatic rings. The van der Waals surface area contributed by atoms with E-state index in [0.717, 1.165) is 32.1 Å². The first kappa shape index (κ1) is 41.8. The quantitative estimate of drug-likeness (QED) is 0.0611. The van der Waals surface area contributed by atoms with E-state index in [1.807, 2.05) is 58.3 Å². The van der Waals surface area contributed by atoms with Gasteiger partial charge in [0.15, 0.2) is 0 Å². The van der Waals surface area contributed by atoms with Crippen LogP contribution in [-0.2, 0) is 24.0 Å². The zero-order chi connectivity index (χ0) is 36.7. The fraction of sp³-hybridized carbons (Fsp3) is 0.784. The van der Waals surface area contributed by atoms with E-state index in [1.54, 1.807) is 11.0 Å². The number of nitrogens with one attached hydrogen (secondary N) is 2. The van der Waals surface area contributed by atoms with Gasteiger partial charge >= 0.3 is 290 Å². The molecule has 4 amide bonds. The van der Waals surface area contributed by atoms with Gasteiger partial charge in [0.25, 0.3) is 0 Å².